The fourth-order valence-electron chi connectivity index (χ4n) is 2.74. The molecule has 0 bridgehead atoms. The number of aryl methyl sites for hydroxylation is 1. The van der Waals surface area contributed by atoms with E-state index in [0.29, 0.717) is 18.0 Å². The van der Waals surface area contributed by atoms with Crippen LogP contribution in [0.25, 0.3) is 0 Å². The molecule has 0 spiro atoms. The van der Waals surface area contributed by atoms with Crippen molar-refractivity contribution < 1.29 is 22.7 Å². The van der Waals surface area contributed by atoms with E-state index >= 15 is 0 Å². The molecule has 0 fully saturated rings. The zero-order chi connectivity index (χ0) is 22.3. The third-order valence-electron chi connectivity index (χ3n) is 4.22. The number of sulfonamides is 1. The monoisotopic (exact) mass is 441 g/mol. The Morgan fingerprint density at radius 3 is 2.61 bits per heavy atom. The van der Waals surface area contributed by atoms with Crippen molar-refractivity contribution in [2.24, 2.45) is 0 Å². The number of hydrogen-bond donors (Lipinski definition) is 2. The molecule has 0 radical (unpaired) electrons. The molecule has 0 aliphatic rings. The fourth-order valence-corrected chi connectivity index (χ4v) is 3.84. The van der Waals surface area contributed by atoms with Crippen molar-refractivity contribution in [1.82, 2.24) is 4.98 Å². The maximum Gasteiger partial charge on any atom is 0.261 e. The zero-order valence-electron chi connectivity index (χ0n) is 17.2. The molecular weight excluding hydrogens is 418 g/mol. The normalized spacial score (nSPS) is 11.0. The number of pyridine rings is 1. The minimum Gasteiger partial charge on any atom is -0.474 e. The van der Waals surface area contributed by atoms with Crippen LogP contribution in [-0.2, 0) is 14.8 Å². The van der Waals surface area contributed by atoms with Crippen molar-refractivity contribution in [3.8, 4) is 5.88 Å². The summed E-state index contributed by atoms with van der Waals surface area (Å²) in [6.07, 6.45) is 1.54. The molecule has 3 rings (SSSR count). The van der Waals surface area contributed by atoms with Gasteiger partial charge in [0.15, 0.2) is 0 Å². The van der Waals surface area contributed by atoms with Gasteiger partial charge in [-0.25, -0.2) is 13.4 Å². The first-order chi connectivity index (χ1) is 14.9. The van der Waals surface area contributed by atoms with Crippen molar-refractivity contribution >= 4 is 27.3 Å². The average Bonchev–Trinajstić information content (AvgIpc) is 2.75. The summed E-state index contributed by atoms with van der Waals surface area (Å²) in [5.41, 5.74) is 1.92. The Kier molecular flexibility index (Phi) is 7.22. The first-order valence-corrected chi connectivity index (χ1v) is 10.9. The van der Waals surface area contributed by atoms with E-state index in [1.807, 2.05) is 13.0 Å². The van der Waals surface area contributed by atoms with E-state index in [4.69, 9.17) is 9.47 Å². The van der Waals surface area contributed by atoms with Crippen LogP contribution in [0.3, 0.4) is 0 Å². The maximum atomic E-state index is 12.8. The highest BCUT2D eigenvalue weighted by Gasteiger charge is 2.17. The van der Waals surface area contributed by atoms with E-state index in [2.05, 4.69) is 15.0 Å². The van der Waals surface area contributed by atoms with Gasteiger partial charge in [-0.1, -0.05) is 18.2 Å². The highest BCUT2D eigenvalue weighted by Crippen LogP contribution is 2.23. The molecule has 0 aliphatic carbocycles. The van der Waals surface area contributed by atoms with Gasteiger partial charge in [-0.3, -0.25) is 9.52 Å². The van der Waals surface area contributed by atoms with Crippen LogP contribution in [-0.4, -0.2) is 39.6 Å². The molecule has 1 aromatic heterocycles. The van der Waals surface area contributed by atoms with E-state index in [1.165, 1.54) is 24.3 Å². The number of amides is 1. The zero-order valence-corrected chi connectivity index (χ0v) is 18.0. The van der Waals surface area contributed by atoms with Crippen LogP contribution in [0.5, 0.6) is 5.88 Å². The number of ether oxygens (including phenoxy) is 2. The second kappa shape index (κ2) is 10.1. The lowest BCUT2D eigenvalue weighted by Gasteiger charge is -2.12. The summed E-state index contributed by atoms with van der Waals surface area (Å²) in [5.74, 6) is -0.241. The number of carbonyl (C=O) groups is 1. The van der Waals surface area contributed by atoms with Crippen LogP contribution in [0.4, 0.5) is 11.4 Å². The van der Waals surface area contributed by atoms with Crippen molar-refractivity contribution in [3.63, 3.8) is 0 Å². The van der Waals surface area contributed by atoms with Gasteiger partial charge in [0.1, 0.15) is 12.3 Å². The number of carbonyl (C=O) groups excluding carboxylic acids is 1. The molecule has 9 heteroatoms. The Morgan fingerprint density at radius 2 is 1.84 bits per heavy atom. The Hall–Kier alpha value is -3.43. The molecule has 3 aromatic rings. The number of nitrogens with zero attached hydrogens (tertiary/aromatic N) is 1. The van der Waals surface area contributed by atoms with E-state index in [-0.39, 0.29) is 22.9 Å². The summed E-state index contributed by atoms with van der Waals surface area (Å²) >= 11 is 0. The lowest BCUT2D eigenvalue weighted by molar-refractivity contribution is 0.102. The minimum atomic E-state index is -3.86. The summed E-state index contributed by atoms with van der Waals surface area (Å²) in [4.78, 5) is 16.8. The number of methoxy groups -OCH3 is 1. The van der Waals surface area contributed by atoms with Gasteiger partial charge < -0.3 is 14.8 Å². The van der Waals surface area contributed by atoms with Gasteiger partial charge >= 0.3 is 0 Å². The number of anilines is 2. The molecule has 0 unspecified atom stereocenters. The molecule has 1 heterocycles. The molecule has 0 saturated carbocycles. The van der Waals surface area contributed by atoms with Crippen LogP contribution in [0.1, 0.15) is 15.9 Å². The number of aromatic nitrogens is 1. The lowest BCUT2D eigenvalue weighted by atomic mass is 10.2. The molecular formula is C22H23N3O5S. The van der Waals surface area contributed by atoms with Crippen molar-refractivity contribution in [2.75, 3.05) is 30.4 Å². The molecule has 0 saturated heterocycles. The van der Waals surface area contributed by atoms with Crippen LogP contribution >= 0.6 is 0 Å². The molecule has 0 atom stereocenters. The number of benzene rings is 2. The van der Waals surface area contributed by atoms with E-state index in [9.17, 15) is 13.2 Å². The maximum absolute atomic E-state index is 12.8. The second-order valence-electron chi connectivity index (χ2n) is 6.65. The first-order valence-electron chi connectivity index (χ1n) is 9.47. The molecule has 2 N–H and O–H groups in total. The first kappa shape index (κ1) is 22.3. The Labute approximate surface area is 181 Å². The smallest absolute Gasteiger partial charge is 0.261 e. The van der Waals surface area contributed by atoms with E-state index in [0.717, 1.165) is 5.56 Å². The fraction of sp³-hybridized carbons (Fsp3) is 0.182. The Balaban J connectivity index is 1.78. The Bertz CT molecular complexity index is 1170. The number of rotatable bonds is 9. The van der Waals surface area contributed by atoms with Gasteiger partial charge in [0.05, 0.1) is 11.5 Å². The lowest BCUT2D eigenvalue weighted by Crippen LogP contribution is -2.17. The van der Waals surface area contributed by atoms with Gasteiger partial charge in [-0.15, -0.1) is 0 Å². The summed E-state index contributed by atoms with van der Waals surface area (Å²) in [6, 6.07) is 16.1. The minimum absolute atomic E-state index is 0.0237. The van der Waals surface area contributed by atoms with Crippen LogP contribution in [0, 0.1) is 6.92 Å². The van der Waals surface area contributed by atoms with Gasteiger partial charge in [0, 0.05) is 24.6 Å². The van der Waals surface area contributed by atoms with Gasteiger partial charge in [0.25, 0.3) is 15.9 Å². The molecule has 8 nitrogen and oxygen atoms in total. The summed E-state index contributed by atoms with van der Waals surface area (Å²) in [5, 5.41) is 2.71. The standard InChI is InChI=1S/C22H23N3O5S/c1-16-6-3-8-18(14-16)25-31(27,28)19-9-4-7-17(15-19)21(26)24-20-10-5-11-23-22(20)30-13-12-29-2/h3-11,14-15,25H,12-13H2,1-2H3,(H,24,26). The molecule has 2 aromatic carbocycles. The quantitative estimate of drug-likeness (QED) is 0.493. The largest absolute Gasteiger partial charge is 0.474 e. The second-order valence-corrected chi connectivity index (χ2v) is 8.34. The van der Waals surface area contributed by atoms with Crippen LogP contribution in [0.15, 0.2) is 71.8 Å². The molecule has 31 heavy (non-hydrogen) atoms. The summed E-state index contributed by atoms with van der Waals surface area (Å²) < 4.78 is 38.5. The third-order valence-corrected chi connectivity index (χ3v) is 5.60. The van der Waals surface area contributed by atoms with E-state index in [1.54, 1.807) is 43.6 Å². The highest BCUT2D eigenvalue weighted by atomic mass is 32.2. The number of nitrogens with one attached hydrogen (secondary N) is 2. The molecule has 162 valence electrons. The van der Waals surface area contributed by atoms with Gasteiger partial charge in [-0.2, -0.15) is 0 Å². The SMILES string of the molecule is COCCOc1ncccc1NC(=O)c1cccc(S(=O)(=O)Nc2cccc(C)c2)c1. The van der Waals surface area contributed by atoms with Crippen LogP contribution < -0.4 is 14.8 Å². The summed E-state index contributed by atoms with van der Waals surface area (Å²) in [6.45, 7) is 2.51. The van der Waals surface area contributed by atoms with Crippen molar-refractivity contribution in [2.45, 2.75) is 11.8 Å². The summed E-state index contributed by atoms with van der Waals surface area (Å²) in [7, 11) is -2.31. The van der Waals surface area contributed by atoms with E-state index < -0.39 is 15.9 Å². The predicted octanol–water partition coefficient (Wildman–Crippen LogP) is 3.47. The predicted molar refractivity (Wildman–Crippen MR) is 118 cm³/mol. The van der Waals surface area contributed by atoms with Gasteiger partial charge in [0.2, 0.25) is 5.88 Å². The van der Waals surface area contributed by atoms with Crippen molar-refractivity contribution in [1.29, 1.82) is 0 Å². The average molecular weight is 442 g/mol. The third kappa shape index (κ3) is 6.03. The van der Waals surface area contributed by atoms with Crippen LogP contribution in [0.2, 0.25) is 0 Å². The van der Waals surface area contributed by atoms with Crippen molar-refractivity contribution in [3.05, 3.63) is 78.0 Å². The van der Waals surface area contributed by atoms with Gasteiger partial charge in [-0.05, 0) is 55.0 Å². The molecule has 1 amide bonds. The Morgan fingerprint density at radius 1 is 1.03 bits per heavy atom. The number of hydrogen-bond acceptors (Lipinski definition) is 6. The topological polar surface area (TPSA) is 107 Å². The molecule has 0 aliphatic heterocycles. The highest BCUT2D eigenvalue weighted by molar-refractivity contribution is 7.92.